The number of anilines is 1. The van der Waals surface area contributed by atoms with Gasteiger partial charge in [0.1, 0.15) is 4.90 Å². The number of nitrogens with zero attached hydrogens (tertiary/aromatic N) is 1. The highest BCUT2D eigenvalue weighted by atomic mass is 32.2. The molecule has 0 saturated heterocycles. The number of aromatic nitrogens is 1. The minimum Gasteiger partial charge on any atom is -0.307 e. The lowest BCUT2D eigenvalue weighted by Gasteiger charge is -2.09. The third-order valence-corrected chi connectivity index (χ3v) is 4.41. The Morgan fingerprint density at radius 2 is 2.22 bits per heavy atom. The molecule has 0 spiro atoms. The van der Waals surface area contributed by atoms with Crippen molar-refractivity contribution in [1.29, 1.82) is 0 Å². The molecule has 0 amide bonds. The lowest BCUT2D eigenvalue weighted by atomic mass is 10.4. The van der Waals surface area contributed by atoms with Gasteiger partial charge in [0.15, 0.2) is 5.82 Å². The first kappa shape index (κ1) is 13.0. The van der Waals surface area contributed by atoms with E-state index in [0.29, 0.717) is 0 Å². The topological polar surface area (TPSA) is 97.1 Å². The van der Waals surface area contributed by atoms with E-state index in [1.807, 2.05) is 16.8 Å². The van der Waals surface area contributed by atoms with Crippen LogP contribution in [0, 0.1) is 0 Å². The van der Waals surface area contributed by atoms with Gasteiger partial charge in [0.05, 0.1) is 0 Å². The first-order valence-electron chi connectivity index (χ1n) is 5.06. The van der Waals surface area contributed by atoms with Crippen molar-refractivity contribution in [2.45, 2.75) is 11.4 Å². The molecule has 2 aromatic heterocycles. The highest BCUT2D eigenvalue weighted by molar-refractivity contribution is 7.89. The summed E-state index contributed by atoms with van der Waals surface area (Å²) in [6.45, 7) is 0.241. The van der Waals surface area contributed by atoms with Gasteiger partial charge in [-0.05, 0) is 34.5 Å². The van der Waals surface area contributed by atoms with Crippen LogP contribution < -0.4 is 16.0 Å². The summed E-state index contributed by atoms with van der Waals surface area (Å²) in [4.78, 5) is 3.89. The van der Waals surface area contributed by atoms with E-state index in [9.17, 15) is 8.42 Å². The Hall–Kier alpha value is -1.48. The van der Waals surface area contributed by atoms with E-state index in [0.717, 1.165) is 5.56 Å². The number of thiophene rings is 1. The number of hydrogen-bond acceptors (Lipinski definition) is 6. The second-order valence-corrected chi connectivity index (χ2v) is 5.97. The molecule has 4 N–H and O–H groups in total. The Kier molecular flexibility index (Phi) is 3.92. The third-order valence-electron chi connectivity index (χ3n) is 2.24. The normalized spacial score (nSPS) is 11.4. The largest absolute Gasteiger partial charge is 0.307 e. The van der Waals surface area contributed by atoms with Crippen molar-refractivity contribution in [2.75, 3.05) is 5.43 Å². The fourth-order valence-corrected chi connectivity index (χ4v) is 3.17. The summed E-state index contributed by atoms with van der Waals surface area (Å²) in [7, 11) is -3.63. The smallest absolute Gasteiger partial charge is 0.244 e. The number of sulfonamides is 1. The minimum atomic E-state index is -3.63. The molecule has 0 atom stereocenters. The first-order valence-corrected chi connectivity index (χ1v) is 7.48. The van der Waals surface area contributed by atoms with E-state index in [4.69, 9.17) is 5.84 Å². The van der Waals surface area contributed by atoms with E-state index >= 15 is 0 Å². The van der Waals surface area contributed by atoms with Crippen LogP contribution in [0.2, 0.25) is 0 Å². The van der Waals surface area contributed by atoms with Crippen LogP contribution in [0.5, 0.6) is 0 Å². The van der Waals surface area contributed by atoms with E-state index < -0.39 is 10.0 Å². The predicted molar refractivity (Wildman–Crippen MR) is 70.4 cm³/mol. The van der Waals surface area contributed by atoms with Crippen LogP contribution in [-0.2, 0) is 16.6 Å². The zero-order valence-corrected chi connectivity index (χ0v) is 11.0. The van der Waals surface area contributed by atoms with Gasteiger partial charge in [0.25, 0.3) is 0 Å². The quantitative estimate of drug-likeness (QED) is 0.560. The monoisotopic (exact) mass is 284 g/mol. The summed E-state index contributed by atoms with van der Waals surface area (Å²) < 4.78 is 26.6. The fraction of sp³-hybridized carbons (Fsp3) is 0.100. The molecular weight excluding hydrogens is 272 g/mol. The molecule has 6 nitrogen and oxygen atoms in total. The van der Waals surface area contributed by atoms with Crippen molar-refractivity contribution in [2.24, 2.45) is 5.84 Å². The summed E-state index contributed by atoms with van der Waals surface area (Å²) in [6, 6.07) is 4.84. The van der Waals surface area contributed by atoms with Crippen LogP contribution in [0.15, 0.2) is 40.1 Å². The molecule has 0 unspecified atom stereocenters. The number of hydrogen-bond donors (Lipinski definition) is 3. The van der Waals surface area contributed by atoms with E-state index in [1.54, 1.807) is 6.07 Å². The predicted octanol–water partition coefficient (Wildman–Crippen LogP) is 0.907. The molecule has 8 heteroatoms. The Morgan fingerprint density at radius 1 is 1.39 bits per heavy atom. The molecule has 2 rings (SSSR count). The van der Waals surface area contributed by atoms with Crippen LogP contribution >= 0.6 is 11.3 Å². The molecule has 2 heterocycles. The molecule has 96 valence electrons. The second-order valence-electron chi connectivity index (χ2n) is 3.45. The highest BCUT2D eigenvalue weighted by Gasteiger charge is 2.18. The molecule has 0 fully saturated rings. The van der Waals surface area contributed by atoms with Crippen LogP contribution in [0.3, 0.4) is 0 Å². The zero-order valence-electron chi connectivity index (χ0n) is 9.33. The Balaban J connectivity index is 2.20. The number of nitrogens with one attached hydrogen (secondary N) is 2. The summed E-state index contributed by atoms with van der Waals surface area (Å²) in [5, 5.41) is 3.77. The van der Waals surface area contributed by atoms with E-state index in [-0.39, 0.29) is 17.3 Å². The van der Waals surface area contributed by atoms with Gasteiger partial charge in [-0.25, -0.2) is 24.0 Å². The van der Waals surface area contributed by atoms with Gasteiger partial charge in [-0.1, -0.05) is 0 Å². The van der Waals surface area contributed by atoms with Gasteiger partial charge in [-0.2, -0.15) is 11.3 Å². The molecule has 0 bridgehead atoms. The van der Waals surface area contributed by atoms with Crippen molar-refractivity contribution in [1.82, 2.24) is 9.71 Å². The molecule has 0 saturated carbocycles. The van der Waals surface area contributed by atoms with Crippen molar-refractivity contribution in [3.63, 3.8) is 0 Å². The molecule has 18 heavy (non-hydrogen) atoms. The molecule has 0 aliphatic rings. The standard InChI is InChI=1S/C10H12N4O2S2/c11-14-10-9(2-1-4-12-10)18(15,16)13-6-8-3-5-17-7-8/h1-5,7,13H,6,11H2,(H,12,14). The van der Waals surface area contributed by atoms with Crippen LogP contribution in [0.4, 0.5) is 5.82 Å². The zero-order chi connectivity index (χ0) is 13.0. The maximum atomic E-state index is 12.1. The number of rotatable bonds is 5. The van der Waals surface area contributed by atoms with Gasteiger partial charge < -0.3 is 5.43 Å². The fourth-order valence-electron chi connectivity index (χ4n) is 1.37. The van der Waals surface area contributed by atoms with E-state index in [2.05, 4.69) is 15.1 Å². The van der Waals surface area contributed by atoms with Crippen molar-refractivity contribution < 1.29 is 8.42 Å². The molecule has 0 aliphatic carbocycles. The van der Waals surface area contributed by atoms with Crippen molar-refractivity contribution in [3.8, 4) is 0 Å². The minimum absolute atomic E-state index is 0.0303. The lowest BCUT2D eigenvalue weighted by molar-refractivity contribution is 0.581. The van der Waals surface area contributed by atoms with Gasteiger partial charge in [-0.15, -0.1) is 0 Å². The third kappa shape index (κ3) is 2.85. The SMILES string of the molecule is NNc1ncccc1S(=O)(=O)NCc1ccsc1. The molecule has 2 aromatic rings. The summed E-state index contributed by atoms with van der Waals surface area (Å²) >= 11 is 1.51. The lowest BCUT2D eigenvalue weighted by Crippen LogP contribution is -2.25. The summed E-state index contributed by atoms with van der Waals surface area (Å²) in [5.74, 6) is 5.36. The molecular formula is C10H12N4O2S2. The van der Waals surface area contributed by atoms with Crippen LogP contribution in [-0.4, -0.2) is 13.4 Å². The Labute approximate surface area is 109 Å². The van der Waals surface area contributed by atoms with Crippen LogP contribution in [0.25, 0.3) is 0 Å². The first-order chi connectivity index (χ1) is 8.63. The van der Waals surface area contributed by atoms with Gasteiger partial charge in [0.2, 0.25) is 10.0 Å². The maximum Gasteiger partial charge on any atom is 0.244 e. The Morgan fingerprint density at radius 3 is 2.89 bits per heavy atom. The van der Waals surface area contributed by atoms with Gasteiger partial charge in [-0.3, -0.25) is 0 Å². The molecule has 0 aromatic carbocycles. The van der Waals surface area contributed by atoms with Gasteiger partial charge in [0, 0.05) is 12.7 Å². The Bertz CT molecular complexity index is 611. The second kappa shape index (κ2) is 5.44. The van der Waals surface area contributed by atoms with E-state index in [1.165, 1.54) is 23.6 Å². The van der Waals surface area contributed by atoms with Crippen molar-refractivity contribution >= 4 is 27.2 Å². The summed E-state index contributed by atoms with van der Waals surface area (Å²) in [6.07, 6.45) is 1.47. The average Bonchev–Trinajstić information content (AvgIpc) is 2.89. The number of nitrogen functional groups attached to an aromatic ring is 1. The number of pyridine rings is 1. The van der Waals surface area contributed by atoms with Crippen LogP contribution in [0.1, 0.15) is 5.56 Å². The molecule has 0 aliphatic heterocycles. The van der Waals surface area contributed by atoms with Crippen molar-refractivity contribution in [3.05, 3.63) is 40.7 Å². The number of hydrazine groups is 1. The maximum absolute atomic E-state index is 12.1. The van der Waals surface area contributed by atoms with Gasteiger partial charge >= 0.3 is 0 Å². The number of nitrogens with two attached hydrogens (primary N) is 1. The average molecular weight is 284 g/mol. The summed E-state index contributed by atoms with van der Waals surface area (Å²) in [5.41, 5.74) is 3.18. The highest BCUT2D eigenvalue weighted by Crippen LogP contribution is 2.17. The molecule has 0 radical (unpaired) electrons.